The predicted molar refractivity (Wildman–Crippen MR) is 73.6 cm³/mol. The third-order valence-electron chi connectivity index (χ3n) is 2.93. The van der Waals surface area contributed by atoms with Crippen molar-refractivity contribution >= 4 is 0 Å². The molecule has 0 saturated carbocycles. The Morgan fingerprint density at radius 1 is 1.24 bits per heavy atom. The summed E-state index contributed by atoms with van der Waals surface area (Å²) in [6, 6.07) is 8.89. The lowest BCUT2D eigenvalue weighted by atomic mass is 10.0. The average Bonchev–Trinajstić information content (AvgIpc) is 2.38. The van der Waals surface area contributed by atoms with Crippen molar-refractivity contribution in [3.63, 3.8) is 0 Å². The summed E-state index contributed by atoms with van der Waals surface area (Å²) in [4.78, 5) is 0. The van der Waals surface area contributed by atoms with Crippen molar-refractivity contribution in [2.24, 2.45) is 0 Å². The highest BCUT2D eigenvalue weighted by atomic mass is 16.5. The molecule has 1 aromatic carbocycles. The quantitative estimate of drug-likeness (QED) is 0.737. The first-order valence-corrected chi connectivity index (χ1v) is 6.71. The summed E-state index contributed by atoms with van der Waals surface area (Å²) in [5.41, 5.74) is 1.33. The molecule has 0 fully saturated rings. The van der Waals surface area contributed by atoms with Gasteiger partial charge < -0.3 is 10.1 Å². The fourth-order valence-electron chi connectivity index (χ4n) is 1.93. The van der Waals surface area contributed by atoms with Gasteiger partial charge in [0.1, 0.15) is 5.75 Å². The van der Waals surface area contributed by atoms with Gasteiger partial charge in [-0.25, -0.2) is 0 Å². The largest absolute Gasteiger partial charge is 0.494 e. The van der Waals surface area contributed by atoms with Gasteiger partial charge in [-0.1, -0.05) is 38.8 Å². The van der Waals surface area contributed by atoms with Crippen LogP contribution in [-0.4, -0.2) is 13.7 Å². The van der Waals surface area contributed by atoms with Crippen molar-refractivity contribution in [1.82, 2.24) is 5.32 Å². The molecule has 0 heterocycles. The molecule has 0 bridgehead atoms. The molecule has 0 aromatic heterocycles. The summed E-state index contributed by atoms with van der Waals surface area (Å²) in [6.07, 6.45) is 4.73. The van der Waals surface area contributed by atoms with Gasteiger partial charge in [0.2, 0.25) is 0 Å². The molecule has 0 amide bonds. The molecule has 0 aliphatic carbocycles. The van der Waals surface area contributed by atoms with Crippen LogP contribution < -0.4 is 10.1 Å². The zero-order valence-electron chi connectivity index (χ0n) is 11.3. The molecule has 1 aromatic rings. The number of rotatable bonds is 8. The second kappa shape index (κ2) is 8.13. The zero-order chi connectivity index (χ0) is 12.5. The number of unbranched alkanes of at least 4 members (excludes halogenated alkanes) is 1. The van der Waals surface area contributed by atoms with E-state index in [2.05, 4.69) is 37.4 Å². The molecule has 1 atom stereocenters. The van der Waals surface area contributed by atoms with Gasteiger partial charge in [0.25, 0.3) is 0 Å². The van der Waals surface area contributed by atoms with E-state index in [0.29, 0.717) is 6.04 Å². The van der Waals surface area contributed by atoms with Crippen LogP contribution in [0.2, 0.25) is 0 Å². The van der Waals surface area contributed by atoms with Crippen molar-refractivity contribution in [1.29, 1.82) is 0 Å². The summed E-state index contributed by atoms with van der Waals surface area (Å²) in [7, 11) is 2.03. The van der Waals surface area contributed by atoms with E-state index < -0.39 is 0 Å². The molecule has 0 aliphatic heterocycles. The Morgan fingerprint density at radius 2 is 2.06 bits per heavy atom. The maximum absolute atomic E-state index is 5.67. The van der Waals surface area contributed by atoms with Crippen LogP contribution in [0, 0.1) is 0 Å². The SMILES string of the molecule is CCCCC(NC)c1cccc(OCCC)c1. The van der Waals surface area contributed by atoms with Crippen molar-refractivity contribution in [2.75, 3.05) is 13.7 Å². The smallest absolute Gasteiger partial charge is 0.119 e. The van der Waals surface area contributed by atoms with E-state index in [1.54, 1.807) is 0 Å². The summed E-state index contributed by atoms with van der Waals surface area (Å²) < 4.78 is 5.67. The Hall–Kier alpha value is -1.02. The van der Waals surface area contributed by atoms with Crippen molar-refractivity contribution in [2.45, 2.75) is 45.6 Å². The van der Waals surface area contributed by atoms with Crippen LogP contribution in [0.5, 0.6) is 5.75 Å². The molecular weight excluding hydrogens is 210 g/mol. The standard InChI is InChI=1S/C15H25NO/c1-4-6-10-15(16-3)13-8-7-9-14(12-13)17-11-5-2/h7-9,12,15-16H,4-6,10-11H2,1-3H3. The maximum atomic E-state index is 5.67. The van der Waals surface area contributed by atoms with Gasteiger partial charge in [-0.05, 0) is 37.6 Å². The lowest BCUT2D eigenvalue weighted by Crippen LogP contribution is -2.16. The normalized spacial score (nSPS) is 12.4. The lowest BCUT2D eigenvalue weighted by molar-refractivity contribution is 0.316. The van der Waals surface area contributed by atoms with Crippen LogP contribution in [0.4, 0.5) is 0 Å². The van der Waals surface area contributed by atoms with Crippen LogP contribution in [0.3, 0.4) is 0 Å². The van der Waals surface area contributed by atoms with Crippen molar-refractivity contribution in [3.8, 4) is 5.75 Å². The Labute approximate surface area is 105 Å². The molecule has 1 rings (SSSR count). The lowest BCUT2D eigenvalue weighted by Gasteiger charge is -2.17. The molecule has 17 heavy (non-hydrogen) atoms. The first-order valence-electron chi connectivity index (χ1n) is 6.71. The topological polar surface area (TPSA) is 21.3 Å². The molecule has 1 unspecified atom stereocenters. The predicted octanol–water partition coefficient (Wildman–Crippen LogP) is 3.93. The van der Waals surface area contributed by atoms with E-state index in [4.69, 9.17) is 4.74 Å². The summed E-state index contributed by atoms with van der Waals surface area (Å²) in [5, 5.41) is 3.38. The van der Waals surface area contributed by atoms with Gasteiger partial charge >= 0.3 is 0 Å². The Kier molecular flexibility index (Phi) is 6.71. The second-order valence-electron chi connectivity index (χ2n) is 4.40. The summed E-state index contributed by atoms with van der Waals surface area (Å²) in [5.74, 6) is 0.987. The number of benzene rings is 1. The van der Waals surface area contributed by atoms with Crippen LogP contribution in [0.25, 0.3) is 0 Å². The van der Waals surface area contributed by atoms with Gasteiger partial charge in [-0.3, -0.25) is 0 Å². The van der Waals surface area contributed by atoms with E-state index in [1.165, 1.54) is 24.8 Å². The number of ether oxygens (including phenoxy) is 1. The highest BCUT2D eigenvalue weighted by Crippen LogP contribution is 2.23. The average molecular weight is 235 g/mol. The van der Waals surface area contributed by atoms with Crippen molar-refractivity contribution < 1.29 is 4.74 Å². The molecule has 96 valence electrons. The Bertz CT molecular complexity index is 312. The number of nitrogens with one attached hydrogen (secondary N) is 1. The molecular formula is C15H25NO. The van der Waals surface area contributed by atoms with E-state index in [-0.39, 0.29) is 0 Å². The minimum Gasteiger partial charge on any atom is -0.494 e. The summed E-state index contributed by atoms with van der Waals surface area (Å²) >= 11 is 0. The minimum absolute atomic E-state index is 0.445. The number of hydrogen-bond donors (Lipinski definition) is 1. The first kappa shape index (κ1) is 14.0. The van der Waals surface area contributed by atoms with Crippen LogP contribution in [0.1, 0.15) is 51.1 Å². The van der Waals surface area contributed by atoms with Crippen LogP contribution in [-0.2, 0) is 0 Å². The molecule has 1 N–H and O–H groups in total. The third kappa shape index (κ3) is 4.78. The maximum Gasteiger partial charge on any atom is 0.119 e. The molecule has 2 heteroatoms. The molecule has 0 spiro atoms. The monoisotopic (exact) mass is 235 g/mol. The van der Waals surface area contributed by atoms with E-state index in [9.17, 15) is 0 Å². The molecule has 0 aliphatic rings. The molecule has 0 saturated heterocycles. The third-order valence-corrected chi connectivity index (χ3v) is 2.93. The Balaban J connectivity index is 2.66. The first-order chi connectivity index (χ1) is 8.31. The van der Waals surface area contributed by atoms with Crippen LogP contribution in [0.15, 0.2) is 24.3 Å². The van der Waals surface area contributed by atoms with Gasteiger partial charge in [0, 0.05) is 6.04 Å². The number of hydrogen-bond acceptors (Lipinski definition) is 2. The van der Waals surface area contributed by atoms with Gasteiger partial charge in [-0.15, -0.1) is 0 Å². The van der Waals surface area contributed by atoms with Gasteiger partial charge in [0.05, 0.1) is 6.61 Å². The second-order valence-corrected chi connectivity index (χ2v) is 4.40. The van der Waals surface area contributed by atoms with Gasteiger partial charge in [-0.2, -0.15) is 0 Å². The van der Waals surface area contributed by atoms with Crippen molar-refractivity contribution in [3.05, 3.63) is 29.8 Å². The van der Waals surface area contributed by atoms with Crippen LogP contribution >= 0.6 is 0 Å². The highest BCUT2D eigenvalue weighted by molar-refractivity contribution is 5.30. The summed E-state index contributed by atoms with van der Waals surface area (Å²) in [6.45, 7) is 5.15. The van der Waals surface area contributed by atoms with Gasteiger partial charge in [0.15, 0.2) is 0 Å². The minimum atomic E-state index is 0.445. The molecule has 2 nitrogen and oxygen atoms in total. The fraction of sp³-hybridized carbons (Fsp3) is 0.600. The fourth-order valence-corrected chi connectivity index (χ4v) is 1.93. The van der Waals surface area contributed by atoms with E-state index in [0.717, 1.165) is 18.8 Å². The highest BCUT2D eigenvalue weighted by Gasteiger charge is 2.09. The van der Waals surface area contributed by atoms with E-state index >= 15 is 0 Å². The van der Waals surface area contributed by atoms with E-state index in [1.807, 2.05) is 13.1 Å². The molecule has 0 radical (unpaired) electrons. The Morgan fingerprint density at radius 3 is 2.71 bits per heavy atom. The zero-order valence-corrected chi connectivity index (χ0v) is 11.3.